The Morgan fingerprint density at radius 3 is 2.86 bits per heavy atom. The Morgan fingerprint density at radius 2 is 2.24 bits per heavy atom. The molecule has 3 rings (SSSR count). The Balaban J connectivity index is 1.65. The highest BCUT2D eigenvalue weighted by Crippen LogP contribution is 2.33. The molecule has 1 saturated heterocycles. The van der Waals surface area contributed by atoms with Gasteiger partial charge in [-0.25, -0.2) is 4.98 Å². The number of hydrogen-bond acceptors (Lipinski definition) is 5. The van der Waals surface area contributed by atoms with E-state index in [2.05, 4.69) is 18.0 Å². The number of amides is 1. The van der Waals surface area contributed by atoms with Gasteiger partial charge >= 0.3 is 0 Å². The van der Waals surface area contributed by atoms with Crippen molar-refractivity contribution in [2.75, 3.05) is 19.7 Å². The van der Waals surface area contributed by atoms with Crippen LogP contribution in [-0.2, 0) is 11.3 Å². The van der Waals surface area contributed by atoms with Gasteiger partial charge in [0.2, 0.25) is 5.89 Å². The number of nitrogens with zero attached hydrogens (tertiary/aromatic N) is 2. The fourth-order valence-corrected chi connectivity index (χ4v) is 3.02. The second kappa shape index (κ2) is 5.61. The van der Waals surface area contributed by atoms with Crippen molar-refractivity contribution in [3.05, 3.63) is 29.5 Å². The average molecular weight is 291 g/mol. The molecule has 1 spiro atoms. The van der Waals surface area contributed by atoms with Crippen molar-refractivity contribution in [1.29, 1.82) is 0 Å². The van der Waals surface area contributed by atoms with Crippen LogP contribution in [0.25, 0.3) is 0 Å². The monoisotopic (exact) mass is 291 g/mol. The van der Waals surface area contributed by atoms with Crippen molar-refractivity contribution in [1.82, 2.24) is 9.88 Å². The minimum atomic E-state index is -0.175. The molecule has 2 aliphatic rings. The zero-order valence-corrected chi connectivity index (χ0v) is 12.3. The van der Waals surface area contributed by atoms with Crippen LogP contribution in [0.2, 0.25) is 0 Å². The molecule has 1 aromatic heterocycles. The lowest BCUT2D eigenvalue weighted by Gasteiger charge is -2.42. The zero-order chi connectivity index (χ0) is 14.9. The van der Waals surface area contributed by atoms with Crippen LogP contribution < -0.4 is 5.73 Å². The highest BCUT2D eigenvalue weighted by molar-refractivity contribution is 5.92. The van der Waals surface area contributed by atoms with Gasteiger partial charge in [0.25, 0.3) is 5.91 Å². The fraction of sp³-hybridized carbons (Fsp3) is 0.600. The molecule has 0 bridgehead atoms. The Labute approximate surface area is 123 Å². The highest BCUT2D eigenvalue weighted by Gasteiger charge is 2.37. The molecule has 1 fully saturated rings. The van der Waals surface area contributed by atoms with Crippen molar-refractivity contribution in [2.24, 2.45) is 5.73 Å². The van der Waals surface area contributed by atoms with E-state index in [1.807, 2.05) is 4.90 Å². The number of ether oxygens (including phenoxy) is 1. The molecule has 0 atom stereocenters. The molecule has 3 heterocycles. The third kappa shape index (κ3) is 2.87. The fourth-order valence-electron chi connectivity index (χ4n) is 3.02. The lowest BCUT2D eigenvalue weighted by atomic mass is 9.87. The first-order chi connectivity index (χ1) is 10.1. The Kier molecular flexibility index (Phi) is 3.82. The predicted octanol–water partition coefficient (Wildman–Crippen LogP) is 1.47. The quantitative estimate of drug-likeness (QED) is 0.835. The van der Waals surface area contributed by atoms with Crippen molar-refractivity contribution in [3.8, 4) is 0 Å². The molecule has 21 heavy (non-hydrogen) atoms. The van der Waals surface area contributed by atoms with Gasteiger partial charge in [0.15, 0.2) is 5.69 Å². The Morgan fingerprint density at radius 1 is 1.48 bits per heavy atom. The summed E-state index contributed by atoms with van der Waals surface area (Å²) in [6.45, 7) is 4.47. The summed E-state index contributed by atoms with van der Waals surface area (Å²) in [6, 6.07) is 0. The van der Waals surface area contributed by atoms with Crippen LogP contribution in [0.1, 0.15) is 42.6 Å². The summed E-state index contributed by atoms with van der Waals surface area (Å²) in [4.78, 5) is 18.3. The van der Waals surface area contributed by atoms with E-state index in [1.165, 1.54) is 11.8 Å². The molecule has 0 aliphatic carbocycles. The maximum atomic E-state index is 12.4. The van der Waals surface area contributed by atoms with E-state index in [0.717, 1.165) is 25.9 Å². The summed E-state index contributed by atoms with van der Waals surface area (Å²) < 4.78 is 11.1. The number of hydrogen-bond donors (Lipinski definition) is 1. The molecule has 0 radical (unpaired) electrons. The number of rotatable bonds is 2. The number of carbonyl (C=O) groups is 1. The van der Waals surface area contributed by atoms with Gasteiger partial charge in [0, 0.05) is 13.1 Å². The Bertz CT molecular complexity index is 556. The topological polar surface area (TPSA) is 81.6 Å². The maximum absolute atomic E-state index is 12.4. The smallest absolute Gasteiger partial charge is 0.275 e. The number of nitrogens with two attached hydrogens (primary N) is 1. The third-order valence-electron chi connectivity index (χ3n) is 4.24. The number of aromatic nitrogens is 1. The van der Waals surface area contributed by atoms with E-state index in [9.17, 15) is 4.79 Å². The van der Waals surface area contributed by atoms with Gasteiger partial charge in [-0.3, -0.25) is 4.79 Å². The minimum absolute atomic E-state index is 0.0928. The first-order valence-electron chi connectivity index (χ1n) is 7.38. The molecule has 6 nitrogen and oxygen atoms in total. The first kappa shape index (κ1) is 14.3. The van der Waals surface area contributed by atoms with Gasteiger partial charge in [-0.05, 0) is 26.2 Å². The van der Waals surface area contributed by atoms with E-state index in [4.69, 9.17) is 14.9 Å². The van der Waals surface area contributed by atoms with Crippen LogP contribution in [0.3, 0.4) is 0 Å². The number of carbonyl (C=O) groups excluding carboxylic acids is 1. The molecular formula is C15H21N3O3. The number of piperidine rings is 1. The molecule has 0 aromatic carbocycles. The van der Waals surface area contributed by atoms with Gasteiger partial charge in [0.1, 0.15) is 6.26 Å². The summed E-state index contributed by atoms with van der Waals surface area (Å²) in [6.07, 6.45) is 6.29. The average Bonchev–Trinajstić information content (AvgIpc) is 2.96. The molecule has 114 valence electrons. The molecule has 6 heteroatoms. The molecule has 0 unspecified atom stereocenters. The first-order valence-corrected chi connectivity index (χ1v) is 7.38. The van der Waals surface area contributed by atoms with Gasteiger partial charge in [-0.2, -0.15) is 0 Å². The van der Waals surface area contributed by atoms with Crippen molar-refractivity contribution in [3.63, 3.8) is 0 Å². The van der Waals surface area contributed by atoms with E-state index < -0.39 is 0 Å². The second-order valence-electron chi connectivity index (χ2n) is 5.78. The van der Waals surface area contributed by atoms with Crippen LogP contribution in [0.15, 0.2) is 22.3 Å². The lowest BCUT2D eigenvalue weighted by molar-refractivity contribution is -0.0522. The molecule has 0 saturated carbocycles. The largest absolute Gasteiger partial charge is 0.447 e. The van der Waals surface area contributed by atoms with E-state index >= 15 is 0 Å². The van der Waals surface area contributed by atoms with Crippen LogP contribution in [0.5, 0.6) is 0 Å². The van der Waals surface area contributed by atoms with Gasteiger partial charge in [0.05, 0.1) is 18.8 Å². The summed E-state index contributed by atoms with van der Waals surface area (Å²) >= 11 is 0. The van der Waals surface area contributed by atoms with Crippen LogP contribution in [0, 0.1) is 0 Å². The summed E-state index contributed by atoms with van der Waals surface area (Å²) in [7, 11) is 0. The van der Waals surface area contributed by atoms with Gasteiger partial charge < -0.3 is 19.8 Å². The Hall–Kier alpha value is -1.66. The number of oxazole rings is 1. The standard InChI is InChI=1S/C15H21N3O3/c1-11-2-7-21-15(8-11)3-5-18(6-4-15)14(19)12-10-20-13(9-16)17-12/h8,10H,2-7,9,16H2,1H3. The summed E-state index contributed by atoms with van der Waals surface area (Å²) in [5, 5.41) is 0. The van der Waals surface area contributed by atoms with Gasteiger partial charge in [-0.1, -0.05) is 11.6 Å². The third-order valence-corrected chi connectivity index (χ3v) is 4.24. The molecule has 2 aliphatic heterocycles. The van der Waals surface area contributed by atoms with Crippen molar-refractivity contribution < 1.29 is 13.9 Å². The summed E-state index contributed by atoms with van der Waals surface area (Å²) in [5.74, 6) is 0.297. The summed E-state index contributed by atoms with van der Waals surface area (Å²) in [5.41, 5.74) is 6.98. The SMILES string of the molecule is CC1=CC2(CCN(C(=O)c3coc(CN)n3)CC2)OCC1. The van der Waals surface area contributed by atoms with E-state index in [0.29, 0.717) is 24.7 Å². The van der Waals surface area contributed by atoms with E-state index in [-0.39, 0.29) is 18.1 Å². The van der Waals surface area contributed by atoms with Crippen molar-refractivity contribution in [2.45, 2.75) is 38.3 Å². The zero-order valence-electron chi connectivity index (χ0n) is 12.3. The normalized spacial score (nSPS) is 21.4. The van der Waals surface area contributed by atoms with Gasteiger partial charge in [-0.15, -0.1) is 0 Å². The second-order valence-corrected chi connectivity index (χ2v) is 5.78. The highest BCUT2D eigenvalue weighted by atomic mass is 16.5. The molecule has 2 N–H and O–H groups in total. The predicted molar refractivity (Wildman–Crippen MR) is 76.6 cm³/mol. The molecular weight excluding hydrogens is 270 g/mol. The van der Waals surface area contributed by atoms with E-state index in [1.54, 1.807) is 0 Å². The van der Waals surface area contributed by atoms with Crippen LogP contribution >= 0.6 is 0 Å². The van der Waals surface area contributed by atoms with Crippen LogP contribution in [0.4, 0.5) is 0 Å². The molecule has 1 amide bonds. The maximum Gasteiger partial charge on any atom is 0.275 e. The minimum Gasteiger partial charge on any atom is -0.447 e. The lowest BCUT2D eigenvalue weighted by Crippen LogP contribution is -2.48. The van der Waals surface area contributed by atoms with Crippen LogP contribution in [-0.4, -0.2) is 41.1 Å². The molecule has 1 aromatic rings. The van der Waals surface area contributed by atoms with Crippen molar-refractivity contribution >= 4 is 5.91 Å². The number of likely N-dealkylation sites (tertiary alicyclic amines) is 1.